The van der Waals surface area contributed by atoms with Crippen molar-refractivity contribution in [3.8, 4) is 0 Å². The molecule has 2 atom stereocenters. The van der Waals surface area contributed by atoms with Crippen LogP contribution in [0, 0.1) is 17.8 Å². The van der Waals surface area contributed by atoms with E-state index in [9.17, 15) is 8.42 Å². The van der Waals surface area contributed by atoms with Gasteiger partial charge in [0.2, 0.25) is 5.89 Å². The molecule has 1 aromatic rings. The summed E-state index contributed by atoms with van der Waals surface area (Å²) in [7, 11) is -3.11. The number of aromatic nitrogens is 2. The van der Waals surface area contributed by atoms with E-state index in [-0.39, 0.29) is 11.6 Å². The Morgan fingerprint density at radius 3 is 2.55 bits per heavy atom. The highest BCUT2D eigenvalue weighted by atomic mass is 32.2. The molecule has 1 saturated carbocycles. The fourth-order valence-corrected chi connectivity index (χ4v) is 4.92. The maximum absolute atomic E-state index is 11.2. The summed E-state index contributed by atoms with van der Waals surface area (Å²) in [5.74, 6) is 4.93. The summed E-state index contributed by atoms with van der Waals surface area (Å²) in [6.45, 7) is 4.72. The summed E-state index contributed by atoms with van der Waals surface area (Å²) in [6.07, 6.45) is 6.48. The van der Waals surface area contributed by atoms with Crippen LogP contribution in [0.15, 0.2) is 4.52 Å². The minimum atomic E-state index is -3.11. The average molecular weight is 347 g/mol. The second-order valence-electron chi connectivity index (χ2n) is 6.80. The molecule has 0 saturated heterocycles. The molecule has 5 nitrogen and oxygen atoms in total. The maximum atomic E-state index is 11.2. The van der Waals surface area contributed by atoms with Crippen LogP contribution in [0.3, 0.4) is 0 Å². The highest BCUT2D eigenvalue weighted by molar-refractivity contribution is 7.98. The molecule has 0 unspecified atom stereocenters. The van der Waals surface area contributed by atoms with Crippen LogP contribution in [0.5, 0.6) is 0 Å². The van der Waals surface area contributed by atoms with E-state index in [4.69, 9.17) is 4.52 Å². The van der Waals surface area contributed by atoms with E-state index < -0.39 is 9.84 Å². The van der Waals surface area contributed by atoms with Crippen LogP contribution in [-0.4, -0.2) is 30.6 Å². The molecule has 1 aliphatic carbocycles. The summed E-state index contributed by atoms with van der Waals surface area (Å²) in [4.78, 5) is 4.13. The monoisotopic (exact) mass is 346 g/mol. The van der Waals surface area contributed by atoms with Crippen molar-refractivity contribution in [1.82, 2.24) is 10.1 Å². The molecule has 0 bridgehead atoms. The molecular weight excluding hydrogens is 320 g/mol. The maximum Gasteiger partial charge on any atom is 0.236 e. The lowest BCUT2D eigenvalue weighted by Crippen LogP contribution is -2.19. The van der Waals surface area contributed by atoms with Gasteiger partial charge in [-0.3, -0.25) is 0 Å². The van der Waals surface area contributed by atoms with Gasteiger partial charge in [0.25, 0.3) is 0 Å². The Labute approximate surface area is 137 Å². The largest absolute Gasteiger partial charge is 0.338 e. The minimum Gasteiger partial charge on any atom is -0.338 e. The summed E-state index contributed by atoms with van der Waals surface area (Å²) in [6, 6.07) is 0. The minimum absolute atomic E-state index is 0.154. The summed E-state index contributed by atoms with van der Waals surface area (Å²) in [5.41, 5.74) is 0. The van der Waals surface area contributed by atoms with Crippen molar-refractivity contribution in [2.75, 3.05) is 12.0 Å². The molecule has 0 spiro atoms. The predicted molar refractivity (Wildman–Crippen MR) is 89.3 cm³/mol. The Morgan fingerprint density at radius 1 is 1.23 bits per heavy atom. The fourth-order valence-electron chi connectivity index (χ4n) is 3.40. The molecule has 1 aromatic heterocycles. The van der Waals surface area contributed by atoms with Crippen LogP contribution in [-0.2, 0) is 21.3 Å². The Bertz CT molecular complexity index is 561. The summed E-state index contributed by atoms with van der Waals surface area (Å²) >= 11 is 1.79. The first kappa shape index (κ1) is 17.8. The van der Waals surface area contributed by atoms with Crippen molar-refractivity contribution in [1.29, 1.82) is 0 Å². The quantitative estimate of drug-likeness (QED) is 0.705. The molecule has 126 valence electrons. The zero-order valence-corrected chi connectivity index (χ0v) is 15.3. The molecule has 7 heteroatoms. The molecular formula is C15H26N2O3S2. The molecule has 0 amide bonds. The van der Waals surface area contributed by atoms with Crippen LogP contribution >= 0.6 is 11.8 Å². The number of hydrogen-bond donors (Lipinski definition) is 0. The Balaban J connectivity index is 1.68. The molecule has 0 aliphatic heterocycles. The van der Waals surface area contributed by atoms with Crippen molar-refractivity contribution in [3.05, 3.63) is 11.7 Å². The number of thioether (sulfide) groups is 1. The lowest BCUT2D eigenvalue weighted by Gasteiger charge is -2.31. The number of rotatable bonds is 7. The van der Waals surface area contributed by atoms with Gasteiger partial charge >= 0.3 is 0 Å². The van der Waals surface area contributed by atoms with Gasteiger partial charge in [-0.15, -0.1) is 0 Å². The van der Waals surface area contributed by atoms with Crippen LogP contribution in [0.2, 0.25) is 0 Å². The first-order valence-electron chi connectivity index (χ1n) is 7.88. The molecule has 2 rings (SSSR count). The first-order chi connectivity index (χ1) is 10.3. The number of hydrogen-bond acceptors (Lipinski definition) is 6. The van der Waals surface area contributed by atoms with E-state index in [1.54, 1.807) is 11.8 Å². The zero-order chi connectivity index (χ0) is 16.2. The molecule has 0 aromatic carbocycles. The van der Waals surface area contributed by atoms with E-state index in [1.165, 1.54) is 31.9 Å². The van der Waals surface area contributed by atoms with Gasteiger partial charge in [0.05, 0.1) is 5.75 Å². The highest BCUT2D eigenvalue weighted by Gasteiger charge is 2.23. The van der Waals surface area contributed by atoms with Gasteiger partial charge in [-0.2, -0.15) is 16.7 Å². The Morgan fingerprint density at radius 2 is 1.91 bits per heavy atom. The second-order valence-corrected chi connectivity index (χ2v) is 10.0. The molecule has 0 radical (unpaired) electrons. The van der Waals surface area contributed by atoms with Gasteiger partial charge in [0.15, 0.2) is 15.7 Å². The molecule has 1 fully saturated rings. The fraction of sp³-hybridized carbons (Fsp3) is 0.867. The molecule has 1 heterocycles. The normalized spacial score (nSPS) is 26.2. The van der Waals surface area contributed by atoms with Crippen molar-refractivity contribution in [2.45, 2.75) is 51.0 Å². The number of sulfone groups is 1. The average Bonchev–Trinajstić information content (AvgIpc) is 2.79. The van der Waals surface area contributed by atoms with Crippen LogP contribution in [0.4, 0.5) is 0 Å². The third-order valence-electron chi connectivity index (χ3n) is 4.07. The lowest BCUT2D eigenvalue weighted by molar-refractivity contribution is 0.216. The van der Waals surface area contributed by atoms with Crippen LogP contribution in [0.1, 0.15) is 51.2 Å². The summed E-state index contributed by atoms with van der Waals surface area (Å²) < 4.78 is 27.4. The highest BCUT2D eigenvalue weighted by Crippen LogP contribution is 2.35. The van der Waals surface area contributed by atoms with Crippen LogP contribution in [0.25, 0.3) is 0 Å². The third-order valence-corrected chi connectivity index (χ3v) is 5.83. The van der Waals surface area contributed by atoms with Gasteiger partial charge in [0, 0.05) is 6.26 Å². The van der Waals surface area contributed by atoms with Gasteiger partial charge < -0.3 is 4.52 Å². The predicted octanol–water partition coefficient (Wildman–Crippen LogP) is 3.31. The standard InChI is InChI=1S/C15H26N2O3S2/c1-11-6-12(2)8-13(7-11)4-5-21-9-15-16-14(17-20-15)10-22(3,18)19/h11-13H,4-10H2,1-3H3/t11-,12-/m1/s1. The van der Waals surface area contributed by atoms with E-state index in [1.807, 2.05) is 0 Å². The summed E-state index contributed by atoms with van der Waals surface area (Å²) in [5, 5.41) is 3.71. The third kappa shape index (κ3) is 6.28. The lowest BCUT2D eigenvalue weighted by atomic mass is 9.76. The number of nitrogens with zero attached hydrogens (tertiary/aromatic N) is 2. The Kier molecular flexibility index (Phi) is 6.32. The van der Waals surface area contributed by atoms with Crippen molar-refractivity contribution in [3.63, 3.8) is 0 Å². The van der Waals surface area contributed by atoms with Gasteiger partial charge in [-0.25, -0.2) is 8.42 Å². The van der Waals surface area contributed by atoms with Gasteiger partial charge in [-0.05, 0) is 49.2 Å². The van der Waals surface area contributed by atoms with E-state index in [0.717, 1.165) is 23.5 Å². The smallest absolute Gasteiger partial charge is 0.236 e. The second kappa shape index (κ2) is 7.81. The van der Waals surface area contributed by atoms with E-state index in [0.29, 0.717) is 11.6 Å². The van der Waals surface area contributed by atoms with Crippen LogP contribution < -0.4 is 0 Å². The van der Waals surface area contributed by atoms with E-state index >= 15 is 0 Å². The Hall–Kier alpha value is -0.560. The molecule has 22 heavy (non-hydrogen) atoms. The van der Waals surface area contributed by atoms with Crippen molar-refractivity contribution >= 4 is 21.6 Å². The topological polar surface area (TPSA) is 73.1 Å². The molecule has 0 N–H and O–H groups in total. The molecule has 1 aliphatic rings. The van der Waals surface area contributed by atoms with E-state index in [2.05, 4.69) is 24.0 Å². The van der Waals surface area contributed by atoms with Gasteiger partial charge in [-0.1, -0.05) is 19.0 Å². The van der Waals surface area contributed by atoms with Gasteiger partial charge in [0.1, 0.15) is 5.75 Å². The first-order valence-corrected chi connectivity index (χ1v) is 11.1. The van der Waals surface area contributed by atoms with Crippen molar-refractivity contribution < 1.29 is 12.9 Å². The SMILES string of the molecule is C[C@H]1CC(CCSCc2nc(CS(C)(=O)=O)no2)C[C@H](C)C1. The van der Waals surface area contributed by atoms with Crippen molar-refractivity contribution in [2.24, 2.45) is 17.8 Å². The zero-order valence-electron chi connectivity index (χ0n) is 13.6.